The fraction of sp³-hybridized carbons (Fsp3) is 0.450. The maximum Gasteiger partial charge on any atom is 0.0372 e. The lowest BCUT2D eigenvalue weighted by Crippen LogP contribution is -1.92. The predicted octanol–water partition coefficient (Wildman–Crippen LogP) is 5.72. The zero-order valence-electron chi connectivity index (χ0n) is 13.7. The van der Waals surface area contributed by atoms with E-state index >= 15 is 0 Å². The molecule has 0 amide bonds. The molecule has 1 aliphatic carbocycles. The van der Waals surface area contributed by atoms with E-state index in [9.17, 15) is 0 Å². The highest BCUT2D eigenvalue weighted by atomic mass is 14.6. The molecule has 0 saturated heterocycles. The van der Waals surface area contributed by atoms with Gasteiger partial charge in [0.05, 0.1) is 0 Å². The summed E-state index contributed by atoms with van der Waals surface area (Å²) in [4.78, 5) is 4.38. The molecule has 0 bridgehead atoms. The Hall–Kier alpha value is -1.63. The van der Waals surface area contributed by atoms with E-state index in [1.165, 1.54) is 24.0 Å². The number of pyridine rings is 1. The number of nitrogens with zero attached hydrogens (tertiary/aromatic N) is 1. The summed E-state index contributed by atoms with van der Waals surface area (Å²) in [6.07, 6.45) is 16.0. The molecule has 0 N–H and O–H groups in total. The number of rotatable bonds is 3. The van der Waals surface area contributed by atoms with Gasteiger partial charge in [-0.25, -0.2) is 0 Å². The summed E-state index contributed by atoms with van der Waals surface area (Å²) in [7, 11) is 0. The first-order valence-electron chi connectivity index (χ1n) is 8.07. The summed E-state index contributed by atoms with van der Waals surface area (Å²) in [5, 5.41) is 0. The molecule has 1 aromatic rings. The van der Waals surface area contributed by atoms with Gasteiger partial charge < -0.3 is 0 Å². The highest BCUT2D eigenvalue weighted by Gasteiger charge is 2.01. The normalized spacial score (nSPS) is 16.8. The molecule has 0 aromatic carbocycles. The van der Waals surface area contributed by atoms with Crippen LogP contribution in [0.4, 0.5) is 0 Å². The van der Waals surface area contributed by atoms with Crippen molar-refractivity contribution in [3.63, 3.8) is 0 Å². The third-order valence-electron chi connectivity index (χ3n) is 4.35. The predicted molar refractivity (Wildman–Crippen MR) is 91.4 cm³/mol. The van der Waals surface area contributed by atoms with E-state index in [4.69, 9.17) is 0 Å². The lowest BCUT2D eigenvalue weighted by Gasteiger charge is -2.09. The molecule has 1 aromatic heterocycles. The maximum atomic E-state index is 4.38. The van der Waals surface area contributed by atoms with Crippen LogP contribution in [0.3, 0.4) is 0 Å². The fourth-order valence-corrected chi connectivity index (χ4v) is 2.62. The molecule has 0 fully saturated rings. The Morgan fingerprint density at radius 1 is 0.952 bits per heavy atom. The lowest BCUT2D eigenvalue weighted by molar-refractivity contribution is 0.869. The molecule has 0 atom stereocenters. The minimum absolute atomic E-state index is 1.08. The van der Waals surface area contributed by atoms with E-state index in [1.807, 2.05) is 13.1 Å². The van der Waals surface area contributed by atoms with Crippen LogP contribution >= 0.6 is 0 Å². The van der Waals surface area contributed by atoms with Crippen molar-refractivity contribution in [2.75, 3.05) is 0 Å². The third-order valence-corrected chi connectivity index (χ3v) is 4.35. The topological polar surface area (TPSA) is 12.9 Å². The van der Waals surface area contributed by atoms with Crippen LogP contribution in [-0.4, -0.2) is 4.98 Å². The molecule has 21 heavy (non-hydrogen) atoms. The van der Waals surface area contributed by atoms with Crippen LogP contribution in [-0.2, 0) is 6.42 Å². The van der Waals surface area contributed by atoms with Crippen LogP contribution in [0.5, 0.6) is 0 Å². The molecular weight excluding hydrogens is 254 g/mol. The van der Waals surface area contributed by atoms with Gasteiger partial charge in [-0.3, -0.25) is 4.98 Å². The number of aryl methyl sites for hydroxylation is 2. The van der Waals surface area contributed by atoms with E-state index in [1.54, 1.807) is 11.1 Å². The van der Waals surface area contributed by atoms with Crippen molar-refractivity contribution in [2.45, 2.75) is 59.3 Å². The molecular formula is C20H27N. The zero-order valence-corrected chi connectivity index (χ0v) is 13.7. The summed E-state index contributed by atoms with van der Waals surface area (Å²) < 4.78 is 0. The SMILES string of the molecule is CC1=C(C)CCC=C(CCc2ccc(C)nc2)C=CCC1. The first-order chi connectivity index (χ1) is 10.1. The molecule has 2 rings (SSSR count). The number of allylic oxidation sites excluding steroid dienone is 6. The third kappa shape index (κ3) is 5.34. The van der Waals surface area contributed by atoms with Crippen molar-refractivity contribution in [1.29, 1.82) is 0 Å². The van der Waals surface area contributed by atoms with Gasteiger partial charge in [0.2, 0.25) is 0 Å². The van der Waals surface area contributed by atoms with Crippen LogP contribution in [0, 0.1) is 6.92 Å². The Balaban J connectivity index is 1.96. The second-order valence-corrected chi connectivity index (χ2v) is 6.13. The van der Waals surface area contributed by atoms with Crippen molar-refractivity contribution in [2.24, 2.45) is 0 Å². The highest BCUT2D eigenvalue weighted by Crippen LogP contribution is 2.20. The summed E-state index contributed by atoms with van der Waals surface area (Å²) >= 11 is 0. The van der Waals surface area contributed by atoms with Crippen LogP contribution in [0.25, 0.3) is 0 Å². The van der Waals surface area contributed by atoms with Gasteiger partial charge in [0.25, 0.3) is 0 Å². The molecule has 112 valence electrons. The molecule has 1 aliphatic rings. The van der Waals surface area contributed by atoms with E-state index in [2.05, 4.69) is 49.2 Å². The minimum atomic E-state index is 1.08. The van der Waals surface area contributed by atoms with Crippen LogP contribution in [0.15, 0.2) is 53.3 Å². The number of hydrogen-bond acceptors (Lipinski definition) is 1. The minimum Gasteiger partial charge on any atom is -0.261 e. The van der Waals surface area contributed by atoms with E-state index in [0.29, 0.717) is 0 Å². The monoisotopic (exact) mass is 281 g/mol. The van der Waals surface area contributed by atoms with Gasteiger partial charge >= 0.3 is 0 Å². The summed E-state index contributed by atoms with van der Waals surface area (Å²) in [6, 6.07) is 4.30. The van der Waals surface area contributed by atoms with E-state index in [-0.39, 0.29) is 0 Å². The largest absolute Gasteiger partial charge is 0.261 e. The van der Waals surface area contributed by atoms with Crippen molar-refractivity contribution in [3.8, 4) is 0 Å². The van der Waals surface area contributed by atoms with Gasteiger partial charge in [0.15, 0.2) is 0 Å². The molecule has 1 heteroatoms. The molecule has 0 unspecified atom stereocenters. The Labute approximate surface area is 129 Å². The second-order valence-electron chi connectivity index (χ2n) is 6.13. The van der Waals surface area contributed by atoms with E-state index < -0.39 is 0 Å². The lowest BCUT2D eigenvalue weighted by atomic mass is 9.97. The summed E-state index contributed by atoms with van der Waals surface area (Å²) in [6.45, 7) is 6.60. The van der Waals surface area contributed by atoms with Gasteiger partial charge in [0, 0.05) is 11.9 Å². The second kappa shape index (κ2) is 7.97. The van der Waals surface area contributed by atoms with Gasteiger partial charge in [-0.05, 0) is 70.9 Å². The van der Waals surface area contributed by atoms with Gasteiger partial charge in [0.1, 0.15) is 0 Å². The van der Waals surface area contributed by atoms with E-state index in [0.717, 1.165) is 31.4 Å². The molecule has 1 nitrogen and oxygen atoms in total. The summed E-state index contributed by atoms with van der Waals surface area (Å²) in [5.74, 6) is 0. The fourth-order valence-electron chi connectivity index (χ4n) is 2.62. The Kier molecular flexibility index (Phi) is 5.98. The Morgan fingerprint density at radius 3 is 2.43 bits per heavy atom. The first-order valence-corrected chi connectivity index (χ1v) is 8.07. The van der Waals surface area contributed by atoms with Crippen molar-refractivity contribution in [3.05, 3.63) is 64.5 Å². The highest BCUT2D eigenvalue weighted by molar-refractivity contribution is 5.24. The molecule has 0 saturated carbocycles. The molecule has 0 aliphatic heterocycles. The Morgan fingerprint density at radius 2 is 1.71 bits per heavy atom. The van der Waals surface area contributed by atoms with Crippen LogP contribution in [0.2, 0.25) is 0 Å². The molecule has 0 radical (unpaired) electrons. The van der Waals surface area contributed by atoms with Gasteiger partial charge in [-0.1, -0.05) is 41.0 Å². The molecule has 0 spiro atoms. The zero-order chi connectivity index (χ0) is 15.1. The summed E-state index contributed by atoms with van der Waals surface area (Å²) in [5.41, 5.74) is 7.04. The maximum absolute atomic E-state index is 4.38. The van der Waals surface area contributed by atoms with Crippen LogP contribution in [0.1, 0.15) is 57.2 Å². The number of aromatic nitrogens is 1. The number of hydrogen-bond donors (Lipinski definition) is 0. The molecule has 1 heterocycles. The Bertz CT molecular complexity index is 544. The average molecular weight is 281 g/mol. The quantitative estimate of drug-likeness (QED) is 0.646. The van der Waals surface area contributed by atoms with Gasteiger partial charge in [-0.15, -0.1) is 0 Å². The van der Waals surface area contributed by atoms with Crippen molar-refractivity contribution in [1.82, 2.24) is 4.98 Å². The average Bonchev–Trinajstić information content (AvgIpc) is 2.49. The van der Waals surface area contributed by atoms with Crippen molar-refractivity contribution < 1.29 is 0 Å². The van der Waals surface area contributed by atoms with Crippen molar-refractivity contribution >= 4 is 0 Å². The standard InChI is InChI=1S/C20H27N/c1-16-7-4-5-9-19(10-6-8-17(16)2)13-14-20-12-11-18(3)21-15-20/h5,9-12,15H,4,6-8,13-14H2,1-3H3. The first kappa shape index (κ1) is 15.8. The van der Waals surface area contributed by atoms with Gasteiger partial charge in [-0.2, -0.15) is 0 Å². The van der Waals surface area contributed by atoms with Crippen LogP contribution < -0.4 is 0 Å². The smallest absolute Gasteiger partial charge is 0.0372 e.